The van der Waals surface area contributed by atoms with Crippen LogP contribution in [0.15, 0.2) is 47.4 Å². The maximum Gasteiger partial charge on any atom is 0.416 e. The Hall–Kier alpha value is -3.12. The third-order valence-corrected chi connectivity index (χ3v) is 5.79. The van der Waals surface area contributed by atoms with E-state index in [1.807, 2.05) is 6.92 Å². The molecule has 2 aromatic rings. The summed E-state index contributed by atoms with van der Waals surface area (Å²) in [6.45, 7) is 4.57. The van der Waals surface area contributed by atoms with Gasteiger partial charge in [-0.15, -0.1) is 0 Å². The van der Waals surface area contributed by atoms with Gasteiger partial charge >= 0.3 is 6.18 Å². The molecule has 33 heavy (non-hydrogen) atoms. The van der Waals surface area contributed by atoms with E-state index in [4.69, 9.17) is 4.74 Å². The lowest BCUT2D eigenvalue weighted by molar-refractivity contribution is -0.137. The van der Waals surface area contributed by atoms with Crippen molar-refractivity contribution in [1.29, 1.82) is 0 Å². The highest BCUT2D eigenvalue weighted by Crippen LogP contribution is 2.35. The number of benzene rings is 2. The number of sulfonamides is 1. The second-order valence-corrected chi connectivity index (χ2v) is 8.81. The molecule has 0 saturated heterocycles. The van der Waals surface area contributed by atoms with E-state index in [0.717, 1.165) is 18.2 Å². The molecule has 3 N–H and O–H groups in total. The van der Waals surface area contributed by atoms with Crippen molar-refractivity contribution in [2.24, 2.45) is 0 Å². The highest BCUT2D eigenvalue weighted by atomic mass is 32.2. The van der Waals surface area contributed by atoms with Gasteiger partial charge < -0.3 is 15.4 Å². The largest absolute Gasteiger partial charge is 0.491 e. The second-order valence-electron chi connectivity index (χ2n) is 7.09. The van der Waals surface area contributed by atoms with Gasteiger partial charge in [-0.2, -0.15) is 17.9 Å². The normalized spacial score (nSPS) is 12.7. The van der Waals surface area contributed by atoms with Gasteiger partial charge in [-0.05, 0) is 55.8 Å². The fraction of sp³-hybridized carbons (Fsp3) is 0.333. The maximum atomic E-state index is 13.1. The van der Waals surface area contributed by atoms with Gasteiger partial charge in [0.1, 0.15) is 5.75 Å². The molecule has 0 aliphatic heterocycles. The van der Waals surface area contributed by atoms with Crippen molar-refractivity contribution in [1.82, 2.24) is 4.72 Å². The molecule has 12 heteroatoms. The first-order valence-electron chi connectivity index (χ1n) is 9.88. The first-order valence-corrected chi connectivity index (χ1v) is 11.4. The highest BCUT2D eigenvalue weighted by molar-refractivity contribution is 7.89. The van der Waals surface area contributed by atoms with E-state index in [9.17, 15) is 31.2 Å². The zero-order valence-electron chi connectivity index (χ0n) is 18.1. The van der Waals surface area contributed by atoms with Crippen LogP contribution in [0.2, 0.25) is 0 Å². The fourth-order valence-corrected chi connectivity index (χ4v) is 3.86. The number of hydrogen-bond acceptors (Lipinski definition) is 5. The molecule has 1 atom stereocenters. The number of rotatable bonds is 9. The van der Waals surface area contributed by atoms with Gasteiger partial charge in [-0.3, -0.25) is 9.59 Å². The molecule has 0 aliphatic carbocycles. The number of halogens is 3. The summed E-state index contributed by atoms with van der Waals surface area (Å²) in [7, 11) is -4.13. The maximum absolute atomic E-state index is 13.1. The number of amides is 2. The summed E-state index contributed by atoms with van der Waals surface area (Å²) < 4.78 is 72.0. The van der Waals surface area contributed by atoms with Crippen LogP contribution < -0.4 is 20.1 Å². The number of ether oxygens (including phenoxy) is 1. The molecule has 0 unspecified atom stereocenters. The van der Waals surface area contributed by atoms with Crippen molar-refractivity contribution >= 4 is 33.2 Å². The molecule has 0 heterocycles. The van der Waals surface area contributed by atoms with E-state index in [1.54, 1.807) is 0 Å². The molecular weight excluding hydrogens is 463 g/mol. The third-order valence-electron chi connectivity index (χ3n) is 4.24. The van der Waals surface area contributed by atoms with Gasteiger partial charge in [0.25, 0.3) is 0 Å². The molecule has 180 valence electrons. The van der Waals surface area contributed by atoms with Crippen LogP contribution >= 0.6 is 0 Å². The number of carbonyl (C=O) groups is 2. The molecule has 0 bridgehead atoms. The number of hydrogen-bond donors (Lipinski definition) is 3. The van der Waals surface area contributed by atoms with Gasteiger partial charge in [0.2, 0.25) is 21.8 Å². The number of anilines is 2. The summed E-state index contributed by atoms with van der Waals surface area (Å²) in [5, 5.41) is 4.79. The third kappa shape index (κ3) is 7.46. The van der Waals surface area contributed by atoms with Crippen molar-refractivity contribution in [3.63, 3.8) is 0 Å². The Labute approximate surface area is 189 Å². The molecule has 8 nitrogen and oxygen atoms in total. The second kappa shape index (κ2) is 10.7. The van der Waals surface area contributed by atoms with Crippen LogP contribution in [-0.2, 0) is 25.8 Å². The van der Waals surface area contributed by atoms with Crippen LogP contribution in [-0.4, -0.2) is 32.9 Å². The van der Waals surface area contributed by atoms with Crippen LogP contribution in [0, 0.1) is 0 Å². The first-order chi connectivity index (χ1) is 15.3. The van der Waals surface area contributed by atoms with Crippen molar-refractivity contribution in [3.8, 4) is 5.75 Å². The molecule has 2 rings (SSSR count). The fourth-order valence-electron chi connectivity index (χ4n) is 2.66. The molecule has 2 amide bonds. The minimum absolute atomic E-state index is 0.0295. The monoisotopic (exact) mass is 487 g/mol. The van der Waals surface area contributed by atoms with E-state index in [0.29, 0.717) is 12.1 Å². The van der Waals surface area contributed by atoms with E-state index in [2.05, 4.69) is 15.4 Å². The van der Waals surface area contributed by atoms with Gasteiger partial charge in [0.05, 0.1) is 28.8 Å². The van der Waals surface area contributed by atoms with E-state index in [1.165, 1.54) is 38.1 Å². The lowest BCUT2D eigenvalue weighted by Crippen LogP contribution is -2.41. The summed E-state index contributed by atoms with van der Waals surface area (Å²) >= 11 is 0. The zero-order valence-corrected chi connectivity index (χ0v) is 18.9. The summed E-state index contributed by atoms with van der Waals surface area (Å²) in [5.74, 6) is -1.18. The van der Waals surface area contributed by atoms with Crippen LogP contribution in [0.5, 0.6) is 5.75 Å². The number of carbonyl (C=O) groups excluding carboxylic acids is 2. The minimum Gasteiger partial charge on any atom is -0.491 e. The molecule has 0 aromatic heterocycles. The topological polar surface area (TPSA) is 114 Å². The van der Waals surface area contributed by atoms with Crippen molar-refractivity contribution < 1.29 is 35.9 Å². The van der Waals surface area contributed by atoms with Crippen LogP contribution in [0.25, 0.3) is 0 Å². The zero-order chi connectivity index (χ0) is 24.8. The first kappa shape index (κ1) is 26.1. The smallest absolute Gasteiger partial charge is 0.416 e. The van der Waals surface area contributed by atoms with Gasteiger partial charge in [0.15, 0.2) is 0 Å². The standard InChI is InChI=1S/C21H24F3N3O5S/c1-4-11-32-19-10-5-15(21(22,23)24)12-18(19)26-20(29)13(2)27-33(30,31)17-8-6-16(7-9-17)25-14(3)28/h5-10,12-13,27H,4,11H2,1-3H3,(H,25,28)(H,26,29)/t13-/m0/s1. The average molecular weight is 488 g/mol. The quantitative estimate of drug-likeness (QED) is 0.499. The Morgan fingerprint density at radius 1 is 1.06 bits per heavy atom. The van der Waals surface area contributed by atoms with Crippen molar-refractivity contribution in [2.45, 2.75) is 44.3 Å². The van der Waals surface area contributed by atoms with Gasteiger partial charge in [-0.25, -0.2) is 8.42 Å². The van der Waals surface area contributed by atoms with Crippen molar-refractivity contribution in [3.05, 3.63) is 48.0 Å². The molecule has 0 aliphatic rings. The molecule has 2 aromatic carbocycles. The van der Waals surface area contributed by atoms with E-state index >= 15 is 0 Å². The Morgan fingerprint density at radius 2 is 1.70 bits per heavy atom. The molecule has 0 saturated carbocycles. The van der Waals surface area contributed by atoms with Crippen LogP contribution in [0.3, 0.4) is 0 Å². The Balaban J connectivity index is 2.18. The molecule has 0 radical (unpaired) electrons. The lowest BCUT2D eigenvalue weighted by atomic mass is 10.1. The number of alkyl halides is 3. The van der Waals surface area contributed by atoms with E-state index in [-0.39, 0.29) is 28.8 Å². The molecule has 0 fully saturated rings. The summed E-state index contributed by atoms with van der Waals surface area (Å²) in [6, 6.07) is 6.56. The minimum atomic E-state index is -4.64. The van der Waals surface area contributed by atoms with E-state index < -0.39 is 33.7 Å². The summed E-state index contributed by atoms with van der Waals surface area (Å²) in [5.41, 5.74) is -0.834. The van der Waals surface area contributed by atoms with Crippen LogP contribution in [0.4, 0.5) is 24.5 Å². The highest BCUT2D eigenvalue weighted by Gasteiger charge is 2.32. The van der Waals surface area contributed by atoms with Crippen LogP contribution in [0.1, 0.15) is 32.8 Å². The predicted molar refractivity (Wildman–Crippen MR) is 116 cm³/mol. The SMILES string of the molecule is CCCOc1ccc(C(F)(F)F)cc1NC(=O)[C@H](C)NS(=O)(=O)c1ccc(NC(C)=O)cc1. The molecular formula is C21H24F3N3O5S. The average Bonchev–Trinajstić information content (AvgIpc) is 2.71. The number of nitrogens with one attached hydrogen (secondary N) is 3. The Morgan fingerprint density at radius 3 is 2.24 bits per heavy atom. The van der Waals surface area contributed by atoms with Gasteiger partial charge in [-0.1, -0.05) is 6.92 Å². The molecule has 0 spiro atoms. The summed E-state index contributed by atoms with van der Waals surface area (Å²) in [6.07, 6.45) is -4.05. The van der Waals surface area contributed by atoms with Crippen molar-refractivity contribution in [2.75, 3.05) is 17.2 Å². The predicted octanol–water partition coefficient (Wildman–Crippen LogP) is 3.76. The summed E-state index contributed by atoms with van der Waals surface area (Å²) in [4.78, 5) is 23.5. The lowest BCUT2D eigenvalue weighted by Gasteiger charge is -2.18. The Bertz CT molecular complexity index is 1100. The Kier molecular flexibility index (Phi) is 8.45. The van der Waals surface area contributed by atoms with Gasteiger partial charge in [0, 0.05) is 12.6 Å².